The molecule has 5 heteroatoms. The van der Waals surface area contributed by atoms with Gasteiger partial charge in [0.1, 0.15) is 12.2 Å². The first-order chi connectivity index (χ1) is 15.3. The third-order valence-corrected chi connectivity index (χ3v) is 6.09. The topological polar surface area (TPSA) is 55.8 Å². The van der Waals surface area contributed by atoms with E-state index in [4.69, 9.17) is 9.47 Å². The van der Waals surface area contributed by atoms with Crippen molar-refractivity contribution in [2.75, 3.05) is 13.1 Å². The number of hydrogen-bond donors (Lipinski definition) is 0. The maximum atomic E-state index is 13.0. The molecule has 0 radical (unpaired) electrons. The van der Waals surface area contributed by atoms with Crippen molar-refractivity contribution in [1.82, 2.24) is 4.90 Å². The molecule has 0 spiro atoms. The molecule has 0 N–H and O–H groups in total. The summed E-state index contributed by atoms with van der Waals surface area (Å²) in [5.41, 5.74) is 3.43. The van der Waals surface area contributed by atoms with E-state index in [9.17, 15) is 9.59 Å². The fourth-order valence-corrected chi connectivity index (χ4v) is 4.61. The number of benzene rings is 2. The van der Waals surface area contributed by atoms with E-state index in [0.717, 1.165) is 29.5 Å². The van der Waals surface area contributed by atoms with E-state index in [1.54, 1.807) is 4.90 Å². The van der Waals surface area contributed by atoms with Crippen molar-refractivity contribution in [2.24, 2.45) is 5.92 Å². The van der Waals surface area contributed by atoms with Gasteiger partial charge in [-0.15, -0.1) is 0 Å². The lowest BCUT2D eigenvalue weighted by Gasteiger charge is -2.35. The summed E-state index contributed by atoms with van der Waals surface area (Å²) in [5.74, 6) is 0.0301. The van der Waals surface area contributed by atoms with Crippen molar-refractivity contribution in [3.05, 3.63) is 76.9 Å². The quantitative estimate of drug-likeness (QED) is 0.593. The molecule has 2 aromatic rings. The number of rotatable bonds is 4. The van der Waals surface area contributed by atoms with E-state index >= 15 is 0 Å². The van der Waals surface area contributed by atoms with Crippen molar-refractivity contribution in [3.8, 4) is 0 Å². The smallest absolute Gasteiger partial charge is 0.410 e. The van der Waals surface area contributed by atoms with E-state index in [1.165, 1.54) is 5.56 Å². The zero-order valence-corrected chi connectivity index (χ0v) is 19.0. The van der Waals surface area contributed by atoms with Crippen molar-refractivity contribution in [3.63, 3.8) is 0 Å². The Morgan fingerprint density at radius 1 is 0.969 bits per heavy atom. The van der Waals surface area contributed by atoms with Gasteiger partial charge in [0, 0.05) is 24.6 Å². The summed E-state index contributed by atoms with van der Waals surface area (Å²) >= 11 is 0. The minimum absolute atomic E-state index is 0.00328. The Kier molecular flexibility index (Phi) is 6.35. The lowest BCUT2D eigenvalue weighted by molar-refractivity contribution is -0.150. The molecule has 4 rings (SSSR count). The van der Waals surface area contributed by atoms with E-state index in [-0.39, 0.29) is 30.5 Å². The predicted octanol–water partition coefficient (Wildman–Crippen LogP) is 5.56. The lowest BCUT2D eigenvalue weighted by atomic mass is 9.78. The number of carbonyl (C=O) groups excluding carboxylic acids is 2. The van der Waals surface area contributed by atoms with Gasteiger partial charge in [0.25, 0.3) is 0 Å². The van der Waals surface area contributed by atoms with Crippen LogP contribution in [0.2, 0.25) is 0 Å². The molecule has 1 aliphatic heterocycles. The number of esters is 1. The van der Waals surface area contributed by atoms with E-state index in [2.05, 4.69) is 12.1 Å². The average Bonchev–Trinajstić information content (AvgIpc) is 3.17. The molecule has 1 heterocycles. The highest BCUT2D eigenvalue weighted by Gasteiger charge is 2.39. The Labute approximate surface area is 190 Å². The highest BCUT2D eigenvalue weighted by molar-refractivity contribution is 5.98. The third kappa shape index (κ3) is 5.04. The van der Waals surface area contributed by atoms with Crippen LogP contribution in [-0.4, -0.2) is 35.7 Å². The number of nitrogens with zero attached hydrogens (tertiary/aromatic N) is 1. The van der Waals surface area contributed by atoms with Crippen LogP contribution in [0.1, 0.15) is 56.2 Å². The molecule has 1 atom stereocenters. The number of carbonyl (C=O) groups is 2. The van der Waals surface area contributed by atoms with Gasteiger partial charge in [-0.3, -0.25) is 0 Å². The van der Waals surface area contributed by atoms with Gasteiger partial charge in [0.05, 0.1) is 0 Å². The van der Waals surface area contributed by atoms with Crippen LogP contribution >= 0.6 is 0 Å². The van der Waals surface area contributed by atoms with Crippen LogP contribution in [0.4, 0.5) is 4.79 Å². The second-order valence-electron chi connectivity index (χ2n) is 9.57. The molecular formula is C27H31NO4. The second kappa shape index (κ2) is 9.19. The van der Waals surface area contributed by atoms with Gasteiger partial charge in [-0.25, -0.2) is 9.59 Å². The minimum atomic E-state index is -0.539. The molecule has 0 saturated carbocycles. The van der Waals surface area contributed by atoms with Gasteiger partial charge >= 0.3 is 12.1 Å². The summed E-state index contributed by atoms with van der Waals surface area (Å²) in [6.45, 7) is 7.20. The molecule has 0 aromatic heterocycles. The van der Waals surface area contributed by atoms with Crippen LogP contribution in [0.3, 0.4) is 0 Å². The first-order valence-electron chi connectivity index (χ1n) is 11.3. The summed E-state index contributed by atoms with van der Waals surface area (Å²) in [6.07, 6.45) is 3.34. The normalized spacial score (nSPS) is 18.7. The van der Waals surface area contributed by atoms with Crippen LogP contribution < -0.4 is 0 Å². The van der Waals surface area contributed by atoms with Crippen LogP contribution in [0.15, 0.2) is 60.2 Å². The molecule has 32 heavy (non-hydrogen) atoms. The monoisotopic (exact) mass is 433 g/mol. The summed E-state index contributed by atoms with van der Waals surface area (Å²) < 4.78 is 11.2. The van der Waals surface area contributed by atoms with Crippen molar-refractivity contribution >= 4 is 18.1 Å². The molecule has 1 fully saturated rings. The van der Waals surface area contributed by atoms with Crippen molar-refractivity contribution in [1.29, 1.82) is 0 Å². The van der Waals surface area contributed by atoms with Crippen LogP contribution in [0.5, 0.6) is 0 Å². The Balaban J connectivity index is 1.41. The van der Waals surface area contributed by atoms with Gasteiger partial charge in [0.15, 0.2) is 0 Å². The zero-order valence-electron chi connectivity index (χ0n) is 19.0. The summed E-state index contributed by atoms with van der Waals surface area (Å²) in [4.78, 5) is 27.3. The highest BCUT2D eigenvalue weighted by Crippen LogP contribution is 2.45. The number of likely N-dealkylation sites (tertiary alicyclic amines) is 1. The molecule has 168 valence electrons. The molecule has 1 unspecified atom stereocenters. The molecule has 1 aliphatic carbocycles. The molecule has 2 aromatic carbocycles. The van der Waals surface area contributed by atoms with E-state index in [0.29, 0.717) is 13.1 Å². The summed E-state index contributed by atoms with van der Waals surface area (Å²) in [7, 11) is 0. The molecule has 0 bridgehead atoms. The molecule has 2 aliphatic rings. The van der Waals surface area contributed by atoms with Crippen LogP contribution in [0.25, 0.3) is 6.08 Å². The van der Waals surface area contributed by atoms with E-state index in [1.807, 2.05) is 69.3 Å². The van der Waals surface area contributed by atoms with Gasteiger partial charge in [-0.05, 0) is 62.3 Å². The predicted molar refractivity (Wildman–Crippen MR) is 124 cm³/mol. The standard InChI is InChI=1S/C27H31NO4/c1-27(2,3)32-25(29)23-17-21-11-7-8-12-22(21)24(23)20-13-15-28(16-14-20)26(30)31-18-19-9-5-4-6-10-19/h4-12,17,20,24H,13-16,18H2,1-3H3. The molecular weight excluding hydrogens is 402 g/mol. The first-order valence-corrected chi connectivity index (χ1v) is 11.3. The van der Waals surface area contributed by atoms with Gasteiger partial charge in [-0.1, -0.05) is 54.6 Å². The van der Waals surface area contributed by atoms with Crippen molar-refractivity contribution in [2.45, 2.75) is 51.7 Å². The molecule has 1 saturated heterocycles. The van der Waals surface area contributed by atoms with Gasteiger partial charge in [-0.2, -0.15) is 0 Å². The SMILES string of the molecule is CC(C)(C)OC(=O)C1=Cc2ccccc2C1C1CCN(C(=O)OCc2ccccc2)CC1. The van der Waals surface area contributed by atoms with Crippen LogP contribution in [0, 0.1) is 5.92 Å². The maximum Gasteiger partial charge on any atom is 0.410 e. The lowest BCUT2D eigenvalue weighted by Crippen LogP contribution is -2.40. The number of hydrogen-bond acceptors (Lipinski definition) is 4. The number of fused-ring (bicyclic) bond motifs is 1. The number of piperidine rings is 1. The summed E-state index contributed by atoms with van der Waals surface area (Å²) in [6, 6.07) is 17.9. The average molecular weight is 434 g/mol. The largest absolute Gasteiger partial charge is 0.457 e. The highest BCUT2D eigenvalue weighted by atomic mass is 16.6. The maximum absolute atomic E-state index is 13.0. The second-order valence-corrected chi connectivity index (χ2v) is 9.57. The Morgan fingerprint density at radius 3 is 2.31 bits per heavy atom. The molecule has 5 nitrogen and oxygen atoms in total. The van der Waals surface area contributed by atoms with Gasteiger partial charge in [0.2, 0.25) is 0 Å². The Bertz CT molecular complexity index is 998. The van der Waals surface area contributed by atoms with Gasteiger partial charge < -0.3 is 14.4 Å². The van der Waals surface area contributed by atoms with Crippen molar-refractivity contribution < 1.29 is 19.1 Å². The number of ether oxygens (including phenoxy) is 2. The number of amides is 1. The van der Waals surface area contributed by atoms with E-state index < -0.39 is 5.60 Å². The Hall–Kier alpha value is -3.08. The Morgan fingerprint density at radius 2 is 1.62 bits per heavy atom. The first kappa shape index (κ1) is 22.1. The summed E-state index contributed by atoms with van der Waals surface area (Å²) in [5, 5.41) is 0. The fourth-order valence-electron chi connectivity index (χ4n) is 4.61. The fraction of sp³-hybridized carbons (Fsp3) is 0.407. The van der Waals surface area contributed by atoms with Crippen LogP contribution in [-0.2, 0) is 20.9 Å². The zero-order chi connectivity index (χ0) is 22.7. The molecule has 1 amide bonds. The third-order valence-electron chi connectivity index (χ3n) is 6.09. The minimum Gasteiger partial charge on any atom is -0.457 e.